The number of carbonyl (C=O) groups excluding carboxylic acids is 1. The summed E-state index contributed by atoms with van der Waals surface area (Å²) < 4.78 is 42.9. The van der Waals surface area contributed by atoms with Crippen LogP contribution >= 0.6 is 15.9 Å². The highest BCUT2D eigenvalue weighted by atomic mass is 79.9. The zero-order valence-electron chi connectivity index (χ0n) is 16.8. The summed E-state index contributed by atoms with van der Waals surface area (Å²) in [7, 11) is 0. The highest BCUT2D eigenvalue weighted by Crippen LogP contribution is 2.54. The van der Waals surface area contributed by atoms with Crippen molar-refractivity contribution in [2.75, 3.05) is 29.9 Å². The second kappa shape index (κ2) is 8.68. The fourth-order valence-corrected chi connectivity index (χ4v) is 4.23. The molecule has 0 radical (unpaired) electrons. The van der Waals surface area contributed by atoms with Gasteiger partial charge in [-0.3, -0.25) is 4.79 Å². The molecule has 31 heavy (non-hydrogen) atoms. The first-order valence-electron chi connectivity index (χ1n) is 10.3. The van der Waals surface area contributed by atoms with Crippen LogP contribution in [0.2, 0.25) is 0 Å². The fraction of sp³-hybridized carbons (Fsp3) is 0.455. The van der Waals surface area contributed by atoms with Crippen LogP contribution in [0.15, 0.2) is 40.9 Å². The lowest BCUT2D eigenvalue weighted by molar-refractivity contribution is -0.139. The maximum absolute atomic E-state index is 13.0. The minimum atomic E-state index is -4.29. The van der Waals surface area contributed by atoms with Crippen molar-refractivity contribution >= 4 is 33.3 Å². The molecule has 2 heterocycles. The van der Waals surface area contributed by atoms with Crippen LogP contribution in [0.3, 0.4) is 0 Å². The number of halogens is 4. The minimum Gasteiger partial charge on any atom is -0.477 e. The van der Waals surface area contributed by atoms with Gasteiger partial charge in [0.2, 0.25) is 5.88 Å². The van der Waals surface area contributed by atoms with Crippen LogP contribution in [-0.2, 0) is 0 Å². The van der Waals surface area contributed by atoms with Crippen molar-refractivity contribution in [2.24, 2.45) is 5.41 Å². The molecule has 2 aromatic rings. The Morgan fingerprint density at radius 1 is 1.16 bits per heavy atom. The van der Waals surface area contributed by atoms with Crippen molar-refractivity contribution in [2.45, 2.75) is 38.3 Å². The van der Waals surface area contributed by atoms with Crippen molar-refractivity contribution in [3.05, 3.63) is 46.4 Å². The summed E-state index contributed by atoms with van der Waals surface area (Å²) in [6.07, 6.45) is -0.472. The molecule has 1 saturated carbocycles. The maximum Gasteiger partial charge on any atom is 0.392 e. The molecule has 4 rings (SSSR count). The second-order valence-electron chi connectivity index (χ2n) is 8.18. The Kier molecular flexibility index (Phi) is 6.14. The molecular weight excluding hydrogens is 475 g/mol. The van der Waals surface area contributed by atoms with Gasteiger partial charge in [-0.15, -0.1) is 0 Å². The van der Waals surface area contributed by atoms with Crippen LogP contribution in [0.25, 0.3) is 0 Å². The van der Waals surface area contributed by atoms with Crippen molar-refractivity contribution in [3.8, 4) is 5.88 Å². The average Bonchev–Trinajstić information content (AvgIpc) is 3.46. The van der Waals surface area contributed by atoms with Crippen molar-refractivity contribution < 1.29 is 22.7 Å². The van der Waals surface area contributed by atoms with Crippen molar-refractivity contribution in [1.82, 2.24) is 4.98 Å². The second-order valence-corrected chi connectivity index (χ2v) is 9.09. The standard InChI is InChI=1S/C22H23BrF3N3O2/c23-15-4-5-16(17(14-15)29-11-8-21(6-7-21)9-12-29)20(30)28-18-2-1-3-19(27-18)31-13-10-22(24,25)26/h1-5,14H,6-13H2,(H,27,28,30). The van der Waals surface area contributed by atoms with Crippen LogP contribution in [0.4, 0.5) is 24.7 Å². The number of nitrogens with one attached hydrogen (secondary N) is 1. The Morgan fingerprint density at radius 3 is 2.58 bits per heavy atom. The van der Waals surface area contributed by atoms with E-state index in [1.165, 1.54) is 18.9 Å². The van der Waals surface area contributed by atoms with Crippen LogP contribution < -0.4 is 15.0 Å². The Hall–Kier alpha value is -2.29. The van der Waals surface area contributed by atoms with Crippen LogP contribution in [0.1, 0.15) is 42.5 Å². The SMILES string of the molecule is O=C(Nc1cccc(OCCC(F)(F)F)n1)c1ccc(Br)cc1N1CCC2(CC1)CC2. The van der Waals surface area contributed by atoms with Crippen molar-refractivity contribution in [1.29, 1.82) is 0 Å². The van der Waals surface area contributed by atoms with Gasteiger partial charge in [0.1, 0.15) is 5.82 Å². The number of hydrogen-bond acceptors (Lipinski definition) is 4. The van der Waals surface area contributed by atoms with Gasteiger partial charge in [-0.05, 0) is 55.4 Å². The lowest BCUT2D eigenvalue weighted by Gasteiger charge is -2.35. The van der Waals surface area contributed by atoms with E-state index in [1.54, 1.807) is 18.2 Å². The number of rotatable bonds is 6. The summed E-state index contributed by atoms with van der Waals surface area (Å²) in [6, 6.07) is 10.1. The molecule has 1 aromatic carbocycles. The molecule has 2 fully saturated rings. The Bertz CT molecular complexity index is 953. The summed E-state index contributed by atoms with van der Waals surface area (Å²) >= 11 is 3.49. The molecule has 166 valence electrons. The molecule has 0 atom stereocenters. The number of carbonyl (C=O) groups is 1. The Morgan fingerprint density at radius 2 is 1.90 bits per heavy atom. The van der Waals surface area contributed by atoms with Gasteiger partial charge >= 0.3 is 6.18 Å². The van der Waals surface area contributed by atoms with Gasteiger partial charge in [0.05, 0.1) is 24.3 Å². The van der Waals surface area contributed by atoms with Gasteiger partial charge in [-0.1, -0.05) is 22.0 Å². The predicted octanol–water partition coefficient (Wildman–Crippen LogP) is 5.81. The summed E-state index contributed by atoms with van der Waals surface area (Å²) in [6.45, 7) is 1.30. The highest BCUT2D eigenvalue weighted by molar-refractivity contribution is 9.10. The number of pyridine rings is 1. The third-order valence-corrected chi connectivity index (χ3v) is 6.42. The normalized spacial score (nSPS) is 17.5. The first-order chi connectivity index (χ1) is 14.7. The summed E-state index contributed by atoms with van der Waals surface area (Å²) in [5.41, 5.74) is 1.92. The van der Waals surface area contributed by atoms with E-state index in [0.717, 1.165) is 36.1 Å². The van der Waals surface area contributed by atoms with Crippen molar-refractivity contribution in [3.63, 3.8) is 0 Å². The number of nitrogens with zero attached hydrogens (tertiary/aromatic N) is 2. The molecule has 1 aliphatic heterocycles. The Labute approximate surface area is 187 Å². The number of anilines is 2. The van der Waals surface area contributed by atoms with E-state index in [0.29, 0.717) is 11.0 Å². The molecule has 9 heteroatoms. The zero-order valence-corrected chi connectivity index (χ0v) is 18.4. The van der Waals surface area contributed by atoms with E-state index < -0.39 is 19.2 Å². The third kappa shape index (κ3) is 5.70. The number of benzene rings is 1. The largest absolute Gasteiger partial charge is 0.477 e. The highest BCUT2D eigenvalue weighted by Gasteiger charge is 2.44. The topological polar surface area (TPSA) is 54.5 Å². The smallest absolute Gasteiger partial charge is 0.392 e. The molecular formula is C22H23BrF3N3O2. The van der Waals surface area contributed by atoms with E-state index in [1.807, 2.05) is 12.1 Å². The molecule has 1 aromatic heterocycles. The van der Waals surface area contributed by atoms with Gasteiger partial charge in [0, 0.05) is 23.6 Å². The number of aromatic nitrogens is 1. The minimum absolute atomic E-state index is 0.0313. The fourth-order valence-electron chi connectivity index (χ4n) is 3.88. The van der Waals surface area contributed by atoms with Crippen LogP contribution in [0.5, 0.6) is 5.88 Å². The summed E-state index contributed by atoms with van der Waals surface area (Å²) in [5.74, 6) is -0.0723. The van der Waals surface area contributed by atoms with Gasteiger partial charge < -0.3 is 15.0 Å². The van der Waals surface area contributed by atoms with E-state index in [2.05, 4.69) is 31.1 Å². The van der Waals surface area contributed by atoms with E-state index in [9.17, 15) is 18.0 Å². The van der Waals surface area contributed by atoms with Crippen LogP contribution in [0, 0.1) is 5.41 Å². The monoisotopic (exact) mass is 497 g/mol. The number of amides is 1. The predicted molar refractivity (Wildman–Crippen MR) is 116 cm³/mol. The summed E-state index contributed by atoms with van der Waals surface area (Å²) in [5, 5.41) is 2.74. The average molecular weight is 498 g/mol. The molecule has 0 bridgehead atoms. The lowest BCUT2D eigenvalue weighted by Crippen LogP contribution is -2.35. The molecule has 0 unspecified atom stereocenters. The molecule has 1 aliphatic carbocycles. The van der Waals surface area contributed by atoms with Crippen LogP contribution in [-0.4, -0.2) is 36.8 Å². The van der Waals surface area contributed by atoms with Gasteiger partial charge in [-0.25, -0.2) is 0 Å². The molecule has 1 amide bonds. The Balaban J connectivity index is 1.44. The number of hydrogen-bond donors (Lipinski definition) is 1. The van der Waals surface area contributed by atoms with E-state index in [4.69, 9.17) is 4.74 Å². The lowest BCUT2D eigenvalue weighted by atomic mass is 9.93. The maximum atomic E-state index is 13.0. The molecule has 5 nitrogen and oxygen atoms in total. The zero-order chi connectivity index (χ0) is 22.1. The number of alkyl halides is 3. The van der Waals surface area contributed by atoms with E-state index >= 15 is 0 Å². The first-order valence-corrected chi connectivity index (χ1v) is 11.0. The molecule has 1 saturated heterocycles. The van der Waals surface area contributed by atoms with E-state index in [-0.39, 0.29) is 17.6 Å². The quantitative estimate of drug-likeness (QED) is 0.547. The first kappa shape index (κ1) is 21.9. The summed E-state index contributed by atoms with van der Waals surface area (Å²) in [4.78, 5) is 19.3. The van der Waals surface area contributed by atoms with Gasteiger partial charge in [0.25, 0.3) is 5.91 Å². The number of piperidine rings is 1. The van der Waals surface area contributed by atoms with Gasteiger partial charge in [-0.2, -0.15) is 18.2 Å². The third-order valence-electron chi connectivity index (χ3n) is 5.93. The molecule has 1 spiro atoms. The van der Waals surface area contributed by atoms with Gasteiger partial charge in [0.15, 0.2) is 0 Å². The molecule has 2 aliphatic rings. The number of ether oxygens (including phenoxy) is 1. The molecule has 1 N–H and O–H groups in total.